The molecule has 0 aromatic carbocycles. The first-order valence-corrected chi connectivity index (χ1v) is 4.84. The highest BCUT2D eigenvalue weighted by Crippen LogP contribution is 2.28. The normalized spacial score (nSPS) is 10.8. The second kappa shape index (κ2) is 5.07. The lowest BCUT2D eigenvalue weighted by Crippen LogP contribution is -2.20. The standard InChI is InChI=1S/C9H7F3N2OS/c10-9(11,12)7-6(3-1-2-4-16)8(15)14-5-13-7/h5,16H,2,4H2,(H,13,14,15). The van der Waals surface area contributed by atoms with E-state index < -0.39 is 23.0 Å². The van der Waals surface area contributed by atoms with Crippen molar-refractivity contribution in [2.45, 2.75) is 12.6 Å². The first-order chi connectivity index (χ1) is 7.46. The molecule has 86 valence electrons. The molecule has 3 nitrogen and oxygen atoms in total. The van der Waals surface area contributed by atoms with Crippen molar-refractivity contribution < 1.29 is 13.2 Å². The smallest absolute Gasteiger partial charge is 0.312 e. The SMILES string of the molecule is O=c1[nH]cnc(C(F)(F)F)c1C#CCCS. The number of H-pyrrole nitrogens is 1. The zero-order valence-corrected chi connectivity index (χ0v) is 8.82. The van der Waals surface area contributed by atoms with Crippen LogP contribution in [0, 0.1) is 11.8 Å². The Morgan fingerprint density at radius 3 is 2.75 bits per heavy atom. The van der Waals surface area contributed by atoms with Gasteiger partial charge in [-0.1, -0.05) is 11.8 Å². The summed E-state index contributed by atoms with van der Waals surface area (Å²) in [5.41, 5.74) is -2.81. The summed E-state index contributed by atoms with van der Waals surface area (Å²) >= 11 is 3.85. The number of alkyl halides is 3. The Bertz CT molecular complexity index is 484. The van der Waals surface area contributed by atoms with Crippen LogP contribution in [0.3, 0.4) is 0 Å². The van der Waals surface area contributed by atoms with Gasteiger partial charge in [-0.2, -0.15) is 25.8 Å². The highest BCUT2D eigenvalue weighted by molar-refractivity contribution is 7.80. The van der Waals surface area contributed by atoms with Gasteiger partial charge in [-0.05, 0) is 0 Å². The summed E-state index contributed by atoms with van der Waals surface area (Å²) in [5.74, 6) is 4.99. The largest absolute Gasteiger partial charge is 0.434 e. The molecule has 0 amide bonds. The van der Waals surface area contributed by atoms with Crippen molar-refractivity contribution in [3.63, 3.8) is 0 Å². The first-order valence-electron chi connectivity index (χ1n) is 4.21. The molecule has 7 heteroatoms. The number of hydrogen-bond acceptors (Lipinski definition) is 3. The van der Waals surface area contributed by atoms with E-state index in [1.807, 2.05) is 0 Å². The summed E-state index contributed by atoms with van der Waals surface area (Å²) in [5, 5.41) is 0. The molecule has 0 aliphatic rings. The van der Waals surface area contributed by atoms with E-state index in [2.05, 4.69) is 34.4 Å². The van der Waals surface area contributed by atoms with Gasteiger partial charge in [-0.15, -0.1) is 0 Å². The summed E-state index contributed by atoms with van der Waals surface area (Å²) in [6, 6.07) is 0. The van der Waals surface area contributed by atoms with Crippen molar-refractivity contribution in [2.24, 2.45) is 0 Å². The average Bonchev–Trinajstić information content (AvgIpc) is 2.19. The maximum absolute atomic E-state index is 12.4. The van der Waals surface area contributed by atoms with E-state index in [1.165, 1.54) is 0 Å². The minimum Gasteiger partial charge on any atom is -0.312 e. The number of halogens is 3. The fourth-order valence-corrected chi connectivity index (χ4v) is 1.05. The van der Waals surface area contributed by atoms with Crippen LogP contribution in [0.4, 0.5) is 13.2 Å². The second-order valence-corrected chi connectivity index (χ2v) is 3.18. The van der Waals surface area contributed by atoms with Crippen molar-refractivity contribution >= 4 is 12.6 Å². The predicted octanol–water partition coefficient (Wildman–Crippen LogP) is 1.46. The molecule has 1 rings (SSSR count). The van der Waals surface area contributed by atoms with E-state index in [0.29, 0.717) is 18.5 Å². The highest BCUT2D eigenvalue weighted by Gasteiger charge is 2.36. The summed E-state index contributed by atoms with van der Waals surface area (Å²) in [6.45, 7) is 0. The van der Waals surface area contributed by atoms with Crippen molar-refractivity contribution in [1.82, 2.24) is 9.97 Å². The molecule has 1 aromatic rings. The third-order valence-electron chi connectivity index (χ3n) is 1.57. The van der Waals surface area contributed by atoms with Gasteiger partial charge in [0.15, 0.2) is 5.69 Å². The lowest BCUT2D eigenvalue weighted by molar-refractivity contribution is -0.141. The number of nitrogens with zero attached hydrogens (tertiary/aromatic N) is 1. The van der Waals surface area contributed by atoms with Crippen LogP contribution in [0.1, 0.15) is 17.7 Å². The predicted molar refractivity (Wildman–Crippen MR) is 55.2 cm³/mol. The van der Waals surface area contributed by atoms with Gasteiger partial charge in [0.2, 0.25) is 0 Å². The molecule has 0 bridgehead atoms. The Labute approximate surface area is 94.5 Å². The van der Waals surface area contributed by atoms with Gasteiger partial charge in [-0.3, -0.25) is 4.79 Å². The summed E-state index contributed by atoms with van der Waals surface area (Å²) in [4.78, 5) is 16.3. The zero-order chi connectivity index (χ0) is 12.2. The molecule has 0 unspecified atom stereocenters. The van der Waals surface area contributed by atoms with Gasteiger partial charge in [0.1, 0.15) is 5.56 Å². The Hall–Kier alpha value is -1.42. The summed E-state index contributed by atoms with van der Waals surface area (Å²) in [6.07, 6.45) is -3.68. The Morgan fingerprint density at radius 1 is 1.50 bits per heavy atom. The van der Waals surface area contributed by atoms with Crippen molar-refractivity contribution in [3.8, 4) is 11.8 Å². The third-order valence-corrected chi connectivity index (χ3v) is 1.80. The molecule has 0 radical (unpaired) electrons. The Kier molecular flexibility index (Phi) is 4.01. The maximum Gasteiger partial charge on any atom is 0.434 e. The van der Waals surface area contributed by atoms with Gasteiger partial charge in [-0.25, -0.2) is 4.98 Å². The number of hydrogen-bond donors (Lipinski definition) is 2. The van der Waals surface area contributed by atoms with E-state index >= 15 is 0 Å². The number of thiol groups is 1. The van der Waals surface area contributed by atoms with Crippen LogP contribution in [0.15, 0.2) is 11.1 Å². The molecule has 0 atom stereocenters. The highest BCUT2D eigenvalue weighted by atomic mass is 32.1. The minimum absolute atomic E-state index is 0.300. The molecule has 0 saturated carbocycles. The molecular weight excluding hydrogens is 241 g/mol. The molecule has 16 heavy (non-hydrogen) atoms. The van der Waals surface area contributed by atoms with Crippen LogP contribution in [0.25, 0.3) is 0 Å². The molecule has 0 saturated heterocycles. The quantitative estimate of drug-likeness (QED) is 0.584. The van der Waals surface area contributed by atoms with Gasteiger partial charge in [0, 0.05) is 12.2 Å². The second-order valence-electron chi connectivity index (χ2n) is 2.73. The average molecular weight is 248 g/mol. The molecule has 1 aromatic heterocycles. The molecule has 0 fully saturated rings. The van der Waals surface area contributed by atoms with Crippen LogP contribution in [-0.2, 0) is 6.18 Å². The van der Waals surface area contributed by atoms with E-state index in [1.54, 1.807) is 0 Å². The summed E-state index contributed by atoms with van der Waals surface area (Å²) in [7, 11) is 0. The molecule has 0 spiro atoms. The van der Waals surface area contributed by atoms with Crippen LogP contribution in [0.5, 0.6) is 0 Å². The fraction of sp³-hybridized carbons (Fsp3) is 0.333. The minimum atomic E-state index is -4.68. The monoisotopic (exact) mass is 248 g/mol. The fourth-order valence-electron chi connectivity index (χ4n) is 0.937. The third kappa shape index (κ3) is 3.03. The number of aromatic nitrogens is 2. The molecular formula is C9H7F3N2OS. The van der Waals surface area contributed by atoms with Crippen LogP contribution in [-0.4, -0.2) is 15.7 Å². The van der Waals surface area contributed by atoms with E-state index in [0.717, 1.165) is 0 Å². The van der Waals surface area contributed by atoms with E-state index in [9.17, 15) is 18.0 Å². The van der Waals surface area contributed by atoms with Crippen molar-refractivity contribution in [3.05, 3.63) is 27.9 Å². The maximum atomic E-state index is 12.4. The van der Waals surface area contributed by atoms with E-state index in [-0.39, 0.29) is 0 Å². The van der Waals surface area contributed by atoms with Crippen LogP contribution in [0.2, 0.25) is 0 Å². The number of aromatic amines is 1. The zero-order valence-electron chi connectivity index (χ0n) is 7.93. The Morgan fingerprint density at radius 2 is 2.19 bits per heavy atom. The van der Waals surface area contributed by atoms with Gasteiger partial charge < -0.3 is 4.98 Å². The van der Waals surface area contributed by atoms with Crippen molar-refractivity contribution in [1.29, 1.82) is 0 Å². The Balaban J connectivity index is 3.27. The lowest BCUT2D eigenvalue weighted by atomic mass is 10.2. The molecule has 1 heterocycles. The van der Waals surface area contributed by atoms with Gasteiger partial charge in [0.25, 0.3) is 5.56 Å². The topological polar surface area (TPSA) is 45.8 Å². The molecule has 1 N–H and O–H groups in total. The number of nitrogens with one attached hydrogen (secondary N) is 1. The van der Waals surface area contributed by atoms with E-state index in [4.69, 9.17) is 0 Å². The summed E-state index contributed by atoms with van der Waals surface area (Å²) < 4.78 is 37.3. The van der Waals surface area contributed by atoms with Crippen LogP contribution < -0.4 is 5.56 Å². The molecule has 0 aliphatic carbocycles. The van der Waals surface area contributed by atoms with Gasteiger partial charge in [0.05, 0.1) is 6.33 Å². The first kappa shape index (κ1) is 12.6. The van der Waals surface area contributed by atoms with Gasteiger partial charge >= 0.3 is 6.18 Å². The number of rotatable bonds is 1. The lowest BCUT2D eigenvalue weighted by Gasteiger charge is -2.05. The van der Waals surface area contributed by atoms with Crippen molar-refractivity contribution in [2.75, 3.05) is 5.75 Å². The van der Waals surface area contributed by atoms with Crippen LogP contribution >= 0.6 is 12.6 Å². The molecule has 0 aliphatic heterocycles.